The second-order valence-corrected chi connectivity index (χ2v) is 2.82. The molecule has 61 valence electrons. The normalized spacial score (nSPS) is 10.2. The second kappa shape index (κ2) is 9.67. The first-order chi connectivity index (χ1) is 4.91. The Bertz CT molecular complexity index is 53.0. The van der Waals surface area contributed by atoms with Gasteiger partial charge < -0.3 is 0 Å². The average molecular weight is 261 g/mol. The summed E-state index contributed by atoms with van der Waals surface area (Å²) >= 11 is 2.00. The summed E-state index contributed by atoms with van der Waals surface area (Å²) in [7, 11) is 0. The van der Waals surface area contributed by atoms with Crippen molar-refractivity contribution in [3.63, 3.8) is 0 Å². The maximum absolute atomic E-state index is 8.30. The van der Waals surface area contributed by atoms with Crippen LogP contribution in [-0.4, -0.2) is 60.4 Å². The molecule has 0 fully saturated rings. The first-order valence-corrected chi connectivity index (χ1v) is 4.91. The quantitative estimate of drug-likeness (QED) is 0.500. The number of ether oxygens (including phenoxy) is 2. The number of rotatable bonds is 7. The first-order valence-electron chi connectivity index (χ1n) is 3.26. The molecule has 10 heavy (non-hydrogen) atoms. The van der Waals surface area contributed by atoms with Crippen LogP contribution in [0.15, 0.2) is 0 Å². The van der Waals surface area contributed by atoms with Gasteiger partial charge in [0, 0.05) is 0 Å². The monoisotopic (exact) mass is 263 g/mol. The number of hydrogen-bond acceptors (Lipinski definition) is 3. The Labute approximate surface area is 74.6 Å². The zero-order valence-corrected chi connectivity index (χ0v) is 8.24. The molecule has 0 aromatic carbocycles. The Kier molecular flexibility index (Phi) is 10.3. The molecule has 1 N–H and O–H groups in total. The Morgan fingerprint density at radius 1 is 1.00 bits per heavy atom. The van der Waals surface area contributed by atoms with Gasteiger partial charge in [-0.05, 0) is 0 Å². The van der Waals surface area contributed by atoms with E-state index < -0.39 is 0 Å². The molecule has 0 aliphatic rings. The van der Waals surface area contributed by atoms with Crippen LogP contribution in [0.3, 0.4) is 0 Å². The Morgan fingerprint density at radius 3 is 2.10 bits per heavy atom. The summed E-state index contributed by atoms with van der Waals surface area (Å²) in [5, 5.41) is 8.30. The van der Waals surface area contributed by atoms with E-state index in [1.807, 2.05) is 22.3 Å². The van der Waals surface area contributed by atoms with Gasteiger partial charge in [0.05, 0.1) is 0 Å². The fourth-order valence-electron chi connectivity index (χ4n) is 0.445. The Balaban J connectivity index is 2.65. The van der Waals surface area contributed by atoms with Gasteiger partial charge in [0.1, 0.15) is 0 Å². The van der Waals surface area contributed by atoms with Crippen LogP contribution in [0.25, 0.3) is 0 Å². The topological polar surface area (TPSA) is 38.7 Å². The van der Waals surface area contributed by atoms with Crippen molar-refractivity contribution in [2.45, 2.75) is 4.47 Å². The van der Waals surface area contributed by atoms with E-state index in [0.29, 0.717) is 19.8 Å². The molecule has 1 radical (unpaired) electrons. The van der Waals surface area contributed by atoms with Gasteiger partial charge in [-0.15, -0.1) is 0 Å². The van der Waals surface area contributed by atoms with Crippen LogP contribution in [0.1, 0.15) is 0 Å². The molecule has 0 amide bonds. The molecular formula is C6H13O3Te. The van der Waals surface area contributed by atoms with Crippen molar-refractivity contribution >= 4 is 22.3 Å². The number of aliphatic hydroxyl groups excluding tert-OH is 1. The zero-order valence-electron chi connectivity index (χ0n) is 5.91. The van der Waals surface area contributed by atoms with Gasteiger partial charge in [-0.1, -0.05) is 0 Å². The molecule has 0 aliphatic carbocycles. The van der Waals surface area contributed by atoms with Gasteiger partial charge in [-0.3, -0.25) is 0 Å². The summed E-state index contributed by atoms with van der Waals surface area (Å²) in [6, 6.07) is 0. The predicted octanol–water partition coefficient (Wildman–Crippen LogP) is -0.401. The van der Waals surface area contributed by atoms with Crippen molar-refractivity contribution in [1.29, 1.82) is 0 Å². The van der Waals surface area contributed by atoms with Crippen molar-refractivity contribution in [2.24, 2.45) is 0 Å². The van der Waals surface area contributed by atoms with E-state index in [4.69, 9.17) is 14.6 Å². The zero-order chi connectivity index (χ0) is 7.66. The van der Waals surface area contributed by atoms with E-state index in [0.717, 1.165) is 11.1 Å². The van der Waals surface area contributed by atoms with Crippen LogP contribution in [-0.2, 0) is 9.47 Å². The molecule has 0 aromatic rings. The Hall–Kier alpha value is 0.670. The SMILES string of the molecule is OCCOCCOCC[Te]. The molecule has 0 saturated heterocycles. The predicted molar refractivity (Wildman–Crippen MR) is 39.3 cm³/mol. The molecule has 0 unspecified atom stereocenters. The minimum atomic E-state index is 0.0915. The van der Waals surface area contributed by atoms with Crippen LogP contribution in [0, 0.1) is 0 Å². The van der Waals surface area contributed by atoms with E-state index in [9.17, 15) is 0 Å². The van der Waals surface area contributed by atoms with Gasteiger partial charge in [0.25, 0.3) is 0 Å². The summed E-state index contributed by atoms with van der Waals surface area (Å²) in [6.45, 7) is 2.52. The third-order valence-electron chi connectivity index (χ3n) is 0.835. The molecule has 0 heterocycles. The number of hydrogen-bond donors (Lipinski definition) is 1. The molecule has 0 saturated carbocycles. The number of aliphatic hydroxyl groups is 1. The van der Waals surface area contributed by atoms with Gasteiger partial charge in [-0.25, -0.2) is 0 Å². The molecule has 0 atom stereocenters. The van der Waals surface area contributed by atoms with Crippen LogP contribution < -0.4 is 0 Å². The average Bonchev–Trinajstić information content (AvgIpc) is 1.97. The minimum absolute atomic E-state index is 0.0915. The van der Waals surface area contributed by atoms with Crippen molar-refractivity contribution < 1.29 is 14.6 Å². The maximum atomic E-state index is 8.30. The summed E-state index contributed by atoms with van der Waals surface area (Å²) < 4.78 is 11.1. The van der Waals surface area contributed by atoms with Gasteiger partial charge >= 0.3 is 74.4 Å². The van der Waals surface area contributed by atoms with Gasteiger partial charge in [0.2, 0.25) is 0 Å². The fourth-order valence-corrected chi connectivity index (χ4v) is 0.782. The molecular weight excluding hydrogens is 248 g/mol. The van der Waals surface area contributed by atoms with E-state index in [-0.39, 0.29) is 6.61 Å². The molecule has 0 spiro atoms. The van der Waals surface area contributed by atoms with E-state index in [1.54, 1.807) is 0 Å². The third-order valence-corrected chi connectivity index (χ3v) is 1.31. The standard InChI is InChI=1S/C6H13O3Te/c7-1-2-8-3-4-9-5-6-10/h7H,1-6H2. The molecule has 0 rings (SSSR count). The van der Waals surface area contributed by atoms with Crippen molar-refractivity contribution in [3.8, 4) is 0 Å². The van der Waals surface area contributed by atoms with Gasteiger partial charge in [0.15, 0.2) is 0 Å². The summed E-state index contributed by atoms with van der Waals surface area (Å²) in [5.74, 6) is 0. The van der Waals surface area contributed by atoms with Crippen LogP contribution >= 0.6 is 0 Å². The van der Waals surface area contributed by atoms with E-state index >= 15 is 0 Å². The molecule has 0 bridgehead atoms. The first kappa shape index (κ1) is 10.7. The van der Waals surface area contributed by atoms with Crippen LogP contribution in [0.5, 0.6) is 0 Å². The van der Waals surface area contributed by atoms with Crippen LogP contribution in [0.2, 0.25) is 4.47 Å². The molecule has 0 aromatic heterocycles. The third kappa shape index (κ3) is 8.67. The van der Waals surface area contributed by atoms with Crippen molar-refractivity contribution in [3.05, 3.63) is 0 Å². The summed E-state index contributed by atoms with van der Waals surface area (Å²) in [5.41, 5.74) is 0. The van der Waals surface area contributed by atoms with E-state index in [2.05, 4.69) is 0 Å². The summed E-state index contributed by atoms with van der Waals surface area (Å²) in [4.78, 5) is 0. The molecule has 0 aliphatic heterocycles. The molecule has 3 nitrogen and oxygen atoms in total. The van der Waals surface area contributed by atoms with E-state index in [1.165, 1.54) is 0 Å². The van der Waals surface area contributed by atoms with Gasteiger partial charge in [-0.2, -0.15) is 0 Å². The van der Waals surface area contributed by atoms with Crippen molar-refractivity contribution in [2.75, 3.05) is 33.0 Å². The fraction of sp³-hybridized carbons (Fsp3) is 1.00. The summed E-state index contributed by atoms with van der Waals surface area (Å²) in [6.07, 6.45) is 0. The Morgan fingerprint density at radius 2 is 1.60 bits per heavy atom. The van der Waals surface area contributed by atoms with Crippen molar-refractivity contribution in [1.82, 2.24) is 0 Å². The second-order valence-electron chi connectivity index (χ2n) is 1.65. The van der Waals surface area contributed by atoms with Crippen LogP contribution in [0.4, 0.5) is 0 Å². The molecule has 4 heteroatoms.